The molecule has 0 spiro atoms. The minimum absolute atomic E-state index is 0.443. The number of hydrogen-bond acceptors (Lipinski definition) is 4. The maximum atomic E-state index is 10.9. The van der Waals surface area contributed by atoms with E-state index in [0.717, 1.165) is 22.5 Å². The summed E-state index contributed by atoms with van der Waals surface area (Å²) in [5.74, 6) is -0.644. The Morgan fingerprint density at radius 1 is 1.37 bits per heavy atom. The van der Waals surface area contributed by atoms with E-state index in [4.69, 9.17) is 9.52 Å². The molecule has 1 unspecified atom stereocenters. The fraction of sp³-hybridized carbons (Fsp3) is 0.357. The zero-order valence-electron chi connectivity index (χ0n) is 11.2. The molecule has 0 bridgehead atoms. The van der Waals surface area contributed by atoms with Crippen molar-refractivity contribution in [1.82, 2.24) is 9.97 Å². The first kappa shape index (κ1) is 13.3. The lowest BCUT2D eigenvalue weighted by molar-refractivity contribution is -0.141. The summed E-state index contributed by atoms with van der Waals surface area (Å²) in [4.78, 5) is 19.8. The van der Waals surface area contributed by atoms with Crippen LogP contribution < -0.4 is 0 Å². The number of carboxylic acid groups (broad SMARTS) is 1. The van der Waals surface area contributed by atoms with Gasteiger partial charge >= 0.3 is 5.97 Å². The molecule has 0 aliphatic carbocycles. The van der Waals surface area contributed by atoms with Gasteiger partial charge in [-0.25, -0.2) is 9.97 Å². The monoisotopic (exact) mass is 260 g/mol. The Labute approximate surface area is 111 Å². The minimum Gasteiger partial charge on any atom is -0.481 e. The molecule has 2 aromatic rings. The van der Waals surface area contributed by atoms with Crippen molar-refractivity contribution in [2.24, 2.45) is 5.92 Å². The molecule has 5 nitrogen and oxygen atoms in total. The van der Waals surface area contributed by atoms with Crippen molar-refractivity contribution in [2.75, 3.05) is 0 Å². The summed E-state index contributed by atoms with van der Waals surface area (Å²) in [5.41, 5.74) is 3.36. The molecule has 0 amide bonds. The third kappa shape index (κ3) is 2.81. The van der Waals surface area contributed by atoms with Gasteiger partial charge in [0.25, 0.3) is 0 Å². The molecule has 2 rings (SSSR count). The van der Waals surface area contributed by atoms with Crippen molar-refractivity contribution >= 4 is 5.97 Å². The van der Waals surface area contributed by atoms with Crippen LogP contribution in [0.2, 0.25) is 0 Å². The zero-order chi connectivity index (χ0) is 14.0. The molecule has 2 aromatic heterocycles. The van der Waals surface area contributed by atoms with Crippen LogP contribution in [-0.4, -0.2) is 21.0 Å². The lowest BCUT2D eigenvalue weighted by Gasteiger charge is -2.12. The van der Waals surface area contributed by atoms with Gasteiger partial charge in [-0.15, -0.1) is 0 Å². The highest BCUT2D eigenvalue weighted by Crippen LogP contribution is 2.21. The molecule has 0 radical (unpaired) electrons. The highest BCUT2D eigenvalue weighted by atomic mass is 16.4. The Bertz CT molecular complexity index is 568. The molecule has 1 atom stereocenters. The molecule has 0 aromatic carbocycles. The van der Waals surface area contributed by atoms with Crippen LogP contribution in [-0.2, 0) is 11.2 Å². The standard InChI is InChI=1S/C14H16N2O3/c1-8(14(17)18)6-12-9(2)15-13(16-10(12)3)11-4-5-19-7-11/h4-5,7-8H,6H2,1-3H3,(H,17,18). The Morgan fingerprint density at radius 3 is 2.47 bits per heavy atom. The Hall–Kier alpha value is -2.17. The SMILES string of the molecule is Cc1nc(-c2ccoc2)nc(C)c1CC(C)C(=O)O. The first-order valence-electron chi connectivity index (χ1n) is 6.08. The Kier molecular flexibility index (Phi) is 3.64. The molecule has 0 aliphatic rings. The van der Waals surface area contributed by atoms with E-state index in [9.17, 15) is 4.79 Å². The number of nitrogens with zero attached hydrogens (tertiary/aromatic N) is 2. The summed E-state index contributed by atoms with van der Waals surface area (Å²) in [5, 5.41) is 8.98. The van der Waals surface area contributed by atoms with Gasteiger partial charge in [-0.1, -0.05) is 6.92 Å². The average molecular weight is 260 g/mol. The molecule has 1 N–H and O–H groups in total. The predicted octanol–water partition coefficient (Wildman–Crippen LogP) is 2.62. The molecule has 5 heteroatoms. The van der Waals surface area contributed by atoms with Gasteiger partial charge in [0.2, 0.25) is 0 Å². The number of furan rings is 1. The smallest absolute Gasteiger partial charge is 0.306 e. The van der Waals surface area contributed by atoms with Crippen molar-refractivity contribution < 1.29 is 14.3 Å². The highest BCUT2D eigenvalue weighted by molar-refractivity contribution is 5.70. The first-order chi connectivity index (χ1) is 8.99. The van der Waals surface area contributed by atoms with Gasteiger partial charge in [-0.3, -0.25) is 4.79 Å². The van der Waals surface area contributed by atoms with E-state index in [1.807, 2.05) is 13.8 Å². The van der Waals surface area contributed by atoms with Crippen LogP contribution in [0.4, 0.5) is 0 Å². The molecule has 0 saturated heterocycles. The molecule has 19 heavy (non-hydrogen) atoms. The number of carbonyl (C=O) groups is 1. The van der Waals surface area contributed by atoms with E-state index < -0.39 is 11.9 Å². The zero-order valence-corrected chi connectivity index (χ0v) is 11.2. The first-order valence-corrected chi connectivity index (χ1v) is 6.08. The normalized spacial score (nSPS) is 12.4. The molecule has 0 aliphatic heterocycles. The molecule has 100 valence electrons. The summed E-state index contributed by atoms with van der Waals surface area (Å²) in [7, 11) is 0. The average Bonchev–Trinajstić information content (AvgIpc) is 2.86. The van der Waals surface area contributed by atoms with Crippen molar-refractivity contribution in [3.8, 4) is 11.4 Å². The second kappa shape index (κ2) is 5.22. The second-order valence-corrected chi connectivity index (χ2v) is 4.65. The van der Waals surface area contributed by atoms with Crippen molar-refractivity contribution in [1.29, 1.82) is 0 Å². The summed E-state index contributed by atoms with van der Waals surface area (Å²) in [6.45, 7) is 5.44. The number of carboxylic acids is 1. The van der Waals surface area contributed by atoms with Gasteiger partial charge < -0.3 is 9.52 Å². The molecule has 2 heterocycles. The quantitative estimate of drug-likeness (QED) is 0.914. The third-order valence-corrected chi connectivity index (χ3v) is 3.13. The lowest BCUT2D eigenvalue weighted by atomic mass is 9.99. The molecule has 0 saturated carbocycles. The van der Waals surface area contributed by atoms with Gasteiger partial charge in [-0.2, -0.15) is 0 Å². The van der Waals surface area contributed by atoms with Gasteiger partial charge in [0.05, 0.1) is 17.7 Å². The van der Waals surface area contributed by atoms with E-state index in [-0.39, 0.29) is 0 Å². The van der Waals surface area contributed by atoms with Gasteiger partial charge in [0, 0.05) is 11.4 Å². The number of aryl methyl sites for hydroxylation is 2. The van der Waals surface area contributed by atoms with Gasteiger partial charge in [-0.05, 0) is 31.9 Å². The third-order valence-electron chi connectivity index (χ3n) is 3.13. The summed E-state index contributed by atoms with van der Waals surface area (Å²) in [6, 6.07) is 1.80. The van der Waals surface area contributed by atoms with Crippen molar-refractivity contribution in [3.05, 3.63) is 35.5 Å². The van der Waals surface area contributed by atoms with E-state index in [1.165, 1.54) is 0 Å². The fourth-order valence-electron chi connectivity index (χ4n) is 1.95. The van der Waals surface area contributed by atoms with Crippen LogP contribution in [0.25, 0.3) is 11.4 Å². The summed E-state index contributed by atoms with van der Waals surface area (Å²) >= 11 is 0. The van der Waals surface area contributed by atoms with Crippen LogP contribution in [0.3, 0.4) is 0 Å². The Morgan fingerprint density at radius 2 is 2.00 bits per heavy atom. The lowest BCUT2D eigenvalue weighted by Crippen LogP contribution is -2.15. The Balaban J connectivity index is 2.35. The van der Waals surface area contributed by atoms with Crippen LogP contribution in [0.15, 0.2) is 23.0 Å². The summed E-state index contributed by atoms with van der Waals surface area (Å²) < 4.78 is 5.02. The van der Waals surface area contributed by atoms with Gasteiger partial charge in [0.1, 0.15) is 6.26 Å². The summed E-state index contributed by atoms with van der Waals surface area (Å²) in [6.07, 6.45) is 3.61. The molecular formula is C14H16N2O3. The van der Waals surface area contributed by atoms with Crippen LogP contribution >= 0.6 is 0 Å². The molecular weight excluding hydrogens is 244 g/mol. The van der Waals surface area contributed by atoms with Crippen molar-refractivity contribution in [2.45, 2.75) is 27.2 Å². The molecule has 0 fully saturated rings. The van der Waals surface area contributed by atoms with Crippen molar-refractivity contribution in [3.63, 3.8) is 0 Å². The maximum absolute atomic E-state index is 10.9. The van der Waals surface area contributed by atoms with Crippen LogP contribution in [0.5, 0.6) is 0 Å². The largest absolute Gasteiger partial charge is 0.481 e. The number of rotatable bonds is 4. The topological polar surface area (TPSA) is 76.2 Å². The number of aromatic nitrogens is 2. The predicted molar refractivity (Wildman–Crippen MR) is 69.7 cm³/mol. The van der Waals surface area contributed by atoms with Crippen LogP contribution in [0.1, 0.15) is 23.9 Å². The highest BCUT2D eigenvalue weighted by Gasteiger charge is 2.17. The van der Waals surface area contributed by atoms with E-state index in [0.29, 0.717) is 12.2 Å². The van der Waals surface area contributed by atoms with E-state index in [2.05, 4.69) is 9.97 Å². The van der Waals surface area contributed by atoms with Gasteiger partial charge in [0.15, 0.2) is 5.82 Å². The minimum atomic E-state index is -0.808. The number of aliphatic carboxylic acids is 1. The van der Waals surface area contributed by atoms with E-state index in [1.54, 1.807) is 25.5 Å². The second-order valence-electron chi connectivity index (χ2n) is 4.65. The number of hydrogen-bond donors (Lipinski definition) is 1. The maximum Gasteiger partial charge on any atom is 0.306 e. The van der Waals surface area contributed by atoms with Crippen LogP contribution in [0, 0.1) is 19.8 Å². The fourth-order valence-corrected chi connectivity index (χ4v) is 1.95. The van der Waals surface area contributed by atoms with E-state index >= 15 is 0 Å².